The molecule has 0 aromatic carbocycles. The van der Waals surface area contributed by atoms with Gasteiger partial charge in [-0.05, 0) is 6.92 Å². The van der Waals surface area contributed by atoms with Crippen LogP contribution in [0.15, 0.2) is 4.99 Å². The lowest BCUT2D eigenvalue weighted by atomic mass is 10.6. The van der Waals surface area contributed by atoms with Crippen molar-refractivity contribution < 1.29 is 9.47 Å². The van der Waals surface area contributed by atoms with Crippen LogP contribution in [0.4, 0.5) is 0 Å². The van der Waals surface area contributed by atoms with E-state index in [-0.39, 0.29) is 5.56 Å². The van der Waals surface area contributed by atoms with Crippen LogP contribution in [0.3, 0.4) is 0 Å². The Labute approximate surface area is 84.5 Å². The van der Waals surface area contributed by atoms with E-state index in [4.69, 9.17) is 21.1 Å². The first-order valence-corrected chi connectivity index (χ1v) is 4.53. The van der Waals surface area contributed by atoms with Crippen LogP contribution < -0.4 is 0 Å². The number of aliphatic imine (C=N–C) groups is 1. The molecule has 0 aromatic rings. The number of hydrogen-bond acceptors (Lipinski definition) is 3. The van der Waals surface area contributed by atoms with Gasteiger partial charge in [-0.1, -0.05) is 11.6 Å². The summed E-state index contributed by atoms with van der Waals surface area (Å²) in [6.45, 7) is 3.11. The van der Waals surface area contributed by atoms with Crippen LogP contribution in [0.25, 0.3) is 0 Å². The molecule has 0 saturated heterocycles. The summed E-state index contributed by atoms with van der Waals surface area (Å²) in [5, 5.41) is 0. The average molecular weight is 209 g/mol. The number of rotatable bonds is 4. The summed E-state index contributed by atoms with van der Waals surface area (Å²) in [7, 11) is 5.19. The summed E-state index contributed by atoms with van der Waals surface area (Å²) in [5.74, 6) is 0. The van der Waals surface area contributed by atoms with E-state index in [1.807, 2.05) is 11.9 Å². The van der Waals surface area contributed by atoms with Crippen LogP contribution in [-0.2, 0) is 9.47 Å². The summed E-state index contributed by atoms with van der Waals surface area (Å²) in [6.07, 6.45) is 0. The number of ether oxygens (including phenoxy) is 2. The maximum Gasteiger partial charge on any atom is 0.288 e. The van der Waals surface area contributed by atoms with Gasteiger partial charge < -0.3 is 14.4 Å². The van der Waals surface area contributed by atoms with Gasteiger partial charge in [0.25, 0.3) is 6.02 Å². The Kier molecular flexibility index (Phi) is 6.72. The van der Waals surface area contributed by atoms with Crippen molar-refractivity contribution in [2.75, 3.05) is 34.4 Å². The Morgan fingerprint density at radius 1 is 1.62 bits per heavy atom. The van der Waals surface area contributed by atoms with Crippen molar-refractivity contribution in [3.05, 3.63) is 0 Å². The fraction of sp³-hybridized carbons (Fsp3) is 0.875. The first-order chi connectivity index (χ1) is 6.11. The van der Waals surface area contributed by atoms with Crippen LogP contribution in [0.1, 0.15) is 6.92 Å². The van der Waals surface area contributed by atoms with Crippen LogP contribution in [0.5, 0.6) is 0 Å². The monoisotopic (exact) mass is 208 g/mol. The van der Waals surface area contributed by atoms with E-state index < -0.39 is 0 Å². The van der Waals surface area contributed by atoms with Crippen molar-refractivity contribution in [2.24, 2.45) is 4.99 Å². The SMILES string of the molecule is CN=C(OC(C)Cl)N(C)CCOC. The van der Waals surface area contributed by atoms with Crippen molar-refractivity contribution in [1.82, 2.24) is 4.90 Å². The lowest BCUT2D eigenvalue weighted by Gasteiger charge is -2.21. The molecule has 5 heteroatoms. The second-order valence-electron chi connectivity index (χ2n) is 2.58. The third-order valence-corrected chi connectivity index (χ3v) is 1.51. The van der Waals surface area contributed by atoms with E-state index in [9.17, 15) is 0 Å². The maximum atomic E-state index is 5.67. The molecular formula is C8H17ClN2O2. The van der Waals surface area contributed by atoms with Gasteiger partial charge >= 0.3 is 0 Å². The first kappa shape index (κ1) is 12.5. The second-order valence-corrected chi connectivity index (χ2v) is 3.20. The van der Waals surface area contributed by atoms with E-state index in [0.717, 1.165) is 6.54 Å². The molecule has 1 atom stereocenters. The number of nitrogens with zero attached hydrogens (tertiary/aromatic N) is 2. The van der Waals surface area contributed by atoms with Crippen molar-refractivity contribution in [2.45, 2.75) is 12.5 Å². The Morgan fingerprint density at radius 2 is 2.23 bits per heavy atom. The second kappa shape index (κ2) is 6.97. The normalized spacial score (nSPS) is 14.1. The minimum absolute atomic E-state index is 0.372. The van der Waals surface area contributed by atoms with Crippen LogP contribution >= 0.6 is 11.6 Å². The number of halogens is 1. The van der Waals surface area contributed by atoms with Crippen molar-refractivity contribution in [1.29, 1.82) is 0 Å². The standard InChI is InChI=1S/C8H17ClN2O2/c1-7(9)13-8(10-2)11(3)5-6-12-4/h7H,5-6H2,1-4H3. The van der Waals surface area contributed by atoms with E-state index >= 15 is 0 Å². The topological polar surface area (TPSA) is 34.1 Å². The quantitative estimate of drug-likeness (QED) is 0.395. The maximum absolute atomic E-state index is 5.67. The van der Waals surface area contributed by atoms with Gasteiger partial charge in [-0.25, -0.2) is 4.99 Å². The number of amidine groups is 1. The molecule has 4 nitrogen and oxygen atoms in total. The number of hydrogen-bond donors (Lipinski definition) is 0. The first-order valence-electron chi connectivity index (χ1n) is 4.09. The third kappa shape index (κ3) is 5.71. The van der Waals surface area contributed by atoms with Gasteiger partial charge in [-0.3, -0.25) is 0 Å². The number of likely N-dealkylation sites (N-methyl/N-ethyl adjacent to an activating group) is 1. The Hall–Kier alpha value is -0.480. The highest BCUT2D eigenvalue weighted by molar-refractivity contribution is 6.20. The molecule has 1 unspecified atom stereocenters. The highest BCUT2D eigenvalue weighted by Gasteiger charge is 2.08. The molecule has 78 valence electrons. The van der Waals surface area contributed by atoms with Gasteiger partial charge in [0.1, 0.15) is 0 Å². The molecule has 0 N–H and O–H groups in total. The van der Waals surface area contributed by atoms with E-state index in [1.165, 1.54) is 0 Å². The summed E-state index contributed by atoms with van der Waals surface area (Å²) >= 11 is 5.67. The van der Waals surface area contributed by atoms with Crippen molar-refractivity contribution in [3.63, 3.8) is 0 Å². The molecule has 0 aliphatic rings. The fourth-order valence-electron chi connectivity index (χ4n) is 0.782. The summed E-state index contributed by atoms with van der Waals surface area (Å²) < 4.78 is 10.2. The predicted molar refractivity (Wildman–Crippen MR) is 54.3 cm³/mol. The molecule has 0 bridgehead atoms. The molecule has 0 spiro atoms. The van der Waals surface area contributed by atoms with Crippen molar-refractivity contribution in [3.8, 4) is 0 Å². The van der Waals surface area contributed by atoms with E-state index in [0.29, 0.717) is 12.6 Å². The zero-order valence-corrected chi connectivity index (χ0v) is 9.34. The van der Waals surface area contributed by atoms with E-state index in [1.54, 1.807) is 21.1 Å². The molecule has 0 aliphatic heterocycles. The molecular weight excluding hydrogens is 192 g/mol. The van der Waals surface area contributed by atoms with Gasteiger partial charge in [-0.15, -0.1) is 0 Å². The Balaban J connectivity index is 3.93. The minimum Gasteiger partial charge on any atom is -0.446 e. The van der Waals surface area contributed by atoms with Gasteiger partial charge in [0, 0.05) is 27.7 Å². The summed E-state index contributed by atoms with van der Waals surface area (Å²) in [4.78, 5) is 5.81. The molecule has 13 heavy (non-hydrogen) atoms. The molecule has 0 fully saturated rings. The van der Waals surface area contributed by atoms with Crippen molar-refractivity contribution >= 4 is 17.6 Å². The highest BCUT2D eigenvalue weighted by atomic mass is 35.5. The van der Waals surface area contributed by atoms with Gasteiger partial charge in [0.2, 0.25) is 0 Å². The lowest BCUT2D eigenvalue weighted by molar-refractivity contribution is 0.164. The zero-order valence-electron chi connectivity index (χ0n) is 8.58. The smallest absolute Gasteiger partial charge is 0.288 e. The summed E-state index contributed by atoms with van der Waals surface area (Å²) in [6, 6.07) is 0.527. The van der Waals surface area contributed by atoms with Crippen LogP contribution in [0.2, 0.25) is 0 Å². The lowest BCUT2D eigenvalue weighted by Crippen LogP contribution is -2.33. The molecule has 0 aliphatic carbocycles. The Morgan fingerprint density at radius 3 is 2.62 bits per heavy atom. The molecule has 0 heterocycles. The molecule has 0 radical (unpaired) electrons. The third-order valence-electron chi connectivity index (χ3n) is 1.42. The highest BCUT2D eigenvalue weighted by Crippen LogP contribution is 2.00. The van der Waals surface area contributed by atoms with Gasteiger partial charge in [-0.2, -0.15) is 0 Å². The van der Waals surface area contributed by atoms with Gasteiger partial charge in [0.15, 0.2) is 5.56 Å². The minimum atomic E-state index is -0.372. The number of alkyl halides is 1. The van der Waals surface area contributed by atoms with Gasteiger partial charge in [0.05, 0.1) is 6.61 Å². The summed E-state index contributed by atoms with van der Waals surface area (Å²) in [5.41, 5.74) is -0.372. The molecule has 0 amide bonds. The largest absolute Gasteiger partial charge is 0.446 e. The van der Waals surface area contributed by atoms with Crippen LogP contribution in [0, 0.1) is 0 Å². The predicted octanol–water partition coefficient (Wildman–Crippen LogP) is 1.15. The van der Waals surface area contributed by atoms with E-state index in [2.05, 4.69) is 4.99 Å². The average Bonchev–Trinajstić information content (AvgIpc) is 2.09. The number of methoxy groups -OCH3 is 1. The fourth-order valence-corrected chi connectivity index (χ4v) is 0.862. The Bertz CT molecular complexity index is 162. The molecule has 0 rings (SSSR count). The molecule has 0 aromatic heterocycles. The van der Waals surface area contributed by atoms with Crippen LogP contribution in [-0.4, -0.2) is 50.8 Å². The zero-order chi connectivity index (χ0) is 10.3. The molecule has 0 saturated carbocycles.